The molecule has 0 unspecified atom stereocenters. The highest BCUT2D eigenvalue weighted by Gasteiger charge is 2.00. The molecule has 0 bridgehead atoms. The van der Waals surface area contributed by atoms with E-state index in [1.54, 1.807) is 35.3 Å². The van der Waals surface area contributed by atoms with Crippen LogP contribution in [-0.2, 0) is 4.79 Å². The molecule has 0 fully saturated rings. The average molecular weight is 369 g/mol. The van der Waals surface area contributed by atoms with Gasteiger partial charge in [-0.05, 0) is 42.0 Å². The molecule has 0 saturated heterocycles. The van der Waals surface area contributed by atoms with Gasteiger partial charge in [-0.15, -0.1) is 10.2 Å². The lowest BCUT2D eigenvalue weighted by atomic mass is 10.2. The van der Waals surface area contributed by atoms with E-state index < -0.39 is 0 Å². The van der Waals surface area contributed by atoms with Gasteiger partial charge in [0, 0.05) is 36.6 Å². The van der Waals surface area contributed by atoms with Crippen LogP contribution in [0.1, 0.15) is 5.56 Å². The van der Waals surface area contributed by atoms with Gasteiger partial charge in [0.1, 0.15) is 5.82 Å². The van der Waals surface area contributed by atoms with Gasteiger partial charge in [0.2, 0.25) is 5.91 Å². The van der Waals surface area contributed by atoms with E-state index in [9.17, 15) is 4.79 Å². The summed E-state index contributed by atoms with van der Waals surface area (Å²) in [6.45, 7) is 1.00. The number of rotatable bonds is 7. The fourth-order valence-corrected chi connectivity index (χ4v) is 2.25. The maximum Gasteiger partial charge on any atom is 0.244 e. The van der Waals surface area contributed by atoms with E-state index >= 15 is 0 Å². The Hall–Kier alpha value is -3.19. The van der Waals surface area contributed by atoms with Crippen molar-refractivity contribution in [1.29, 1.82) is 0 Å². The third-order valence-electron chi connectivity index (χ3n) is 3.42. The molecule has 1 amide bonds. The van der Waals surface area contributed by atoms with Gasteiger partial charge in [-0.1, -0.05) is 23.7 Å². The van der Waals surface area contributed by atoms with Gasteiger partial charge < -0.3 is 10.6 Å². The highest BCUT2D eigenvalue weighted by atomic mass is 35.5. The molecular formula is C18H17ClN6O. The van der Waals surface area contributed by atoms with Crippen LogP contribution in [0, 0.1) is 0 Å². The van der Waals surface area contributed by atoms with Gasteiger partial charge in [-0.2, -0.15) is 5.10 Å². The van der Waals surface area contributed by atoms with Gasteiger partial charge in [0.05, 0.1) is 0 Å². The highest BCUT2D eigenvalue weighted by Crippen LogP contribution is 2.10. The maximum atomic E-state index is 11.8. The Bertz CT molecular complexity index is 860. The van der Waals surface area contributed by atoms with Crippen molar-refractivity contribution >= 4 is 29.4 Å². The second-order valence-corrected chi connectivity index (χ2v) is 5.77. The smallest absolute Gasteiger partial charge is 0.244 e. The summed E-state index contributed by atoms with van der Waals surface area (Å²) in [5.41, 5.74) is 0.912. The fraction of sp³-hybridized carbons (Fsp3) is 0.111. The molecule has 3 aromatic rings. The van der Waals surface area contributed by atoms with Gasteiger partial charge >= 0.3 is 0 Å². The Morgan fingerprint density at radius 3 is 2.65 bits per heavy atom. The van der Waals surface area contributed by atoms with Crippen LogP contribution in [0.2, 0.25) is 5.02 Å². The van der Waals surface area contributed by atoms with E-state index in [0.717, 1.165) is 5.56 Å². The molecule has 8 heteroatoms. The van der Waals surface area contributed by atoms with Crippen LogP contribution < -0.4 is 10.6 Å². The standard InChI is InChI=1S/C18H17ClN6O/c19-15-5-2-14(3-6-15)4-9-18(26)21-12-11-20-16-7-8-17(24-23-16)25-13-1-10-22-25/h1-10,13H,11-12H2,(H,20,23)(H,21,26)/b9-4+. The number of amides is 1. The second-order valence-electron chi connectivity index (χ2n) is 5.33. The van der Waals surface area contributed by atoms with E-state index in [1.165, 1.54) is 6.08 Å². The SMILES string of the molecule is O=C(/C=C/c1ccc(Cl)cc1)NCCNc1ccc(-n2cccn2)nn1. The Labute approximate surface area is 155 Å². The quantitative estimate of drug-likeness (QED) is 0.494. The molecule has 0 aliphatic heterocycles. The number of halogens is 1. The molecular weight excluding hydrogens is 352 g/mol. The van der Waals surface area contributed by atoms with Crippen molar-refractivity contribution in [2.75, 3.05) is 18.4 Å². The zero-order chi connectivity index (χ0) is 18.2. The largest absolute Gasteiger partial charge is 0.367 e. The van der Waals surface area contributed by atoms with Gasteiger partial charge in [-0.25, -0.2) is 4.68 Å². The van der Waals surface area contributed by atoms with Crippen LogP contribution in [0.25, 0.3) is 11.9 Å². The topological polar surface area (TPSA) is 84.7 Å². The van der Waals surface area contributed by atoms with Crippen LogP contribution in [-0.4, -0.2) is 39.0 Å². The van der Waals surface area contributed by atoms with E-state index in [4.69, 9.17) is 11.6 Å². The zero-order valence-corrected chi connectivity index (χ0v) is 14.6. The molecule has 3 rings (SSSR count). The normalized spacial score (nSPS) is 10.8. The predicted molar refractivity (Wildman–Crippen MR) is 101 cm³/mol. The molecule has 132 valence electrons. The minimum Gasteiger partial charge on any atom is -0.367 e. The summed E-state index contributed by atoms with van der Waals surface area (Å²) in [4.78, 5) is 11.8. The number of benzene rings is 1. The van der Waals surface area contributed by atoms with Gasteiger partial charge in [0.15, 0.2) is 5.82 Å². The third-order valence-corrected chi connectivity index (χ3v) is 3.67. The minimum atomic E-state index is -0.165. The molecule has 2 heterocycles. The van der Waals surface area contributed by atoms with Crippen molar-refractivity contribution in [2.24, 2.45) is 0 Å². The number of nitrogens with one attached hydrogen (secondary N) is 2. The summed E-state index contributed by atoms with van der Waals surface area (Å²) in [5.74, 6) is 1.11. The van der Waals surface area contributed by atoms with Crippen molar-refractivity contribution in [3.05, 3.63) is 71.5 Å². The molecule has 0 saturated carbocycles. The lowest BCUT2D eigenvalue weighted by Gasteiger charge is -2.06. The van der Waals surface area contributed by atoms with Crippen LogP contribution in [0.4, 0.5) is 5.82 Å². The molecule has 0 atom stereocenters. The Balaban J connectivity index is 1.39. The molecule has 7 nitrogen and oxygen atoms in total. The van der Waals surface area contributed by atoms with E-state index in [-0.39, 0.29) is 5.91 Å². The molecule has 0 aliphatic carbocycles. The van der Waals surface area contributed by atoms with Crippen LogP contribution in [0.15, 0.2) is 60.9 Å². The monoisotopic (exact) mass is 368 g/mol. The number of carbonyl (C=O) groups excluding carboxylic acids is 1. The van der Waals surface area contributed by atoms with Gasteiger partial charge in [-0.3, -0.25) is 4.79 Å². The van der Waals surface area contributed by atoms with E-state index in [1.807, 2.05) is 30.3 Å². The van der Waals surface area contributed by atoms with Crippen molar-refractivity contribution in [3.63, 3.8) is 0 Å². The summed E-state index contributed by atoms with van der Waals surface area (Å²) in [6.07, 6.45) is 6.70. The summed E-state index contributed by atoms with van der Waals surface area (Å²) in [7, 11) is 0. The summed E-state index contributed by atoms with van der Waals surface area (Å²) in [5, 5.41) is 18.8. The lowest BCUT2D eigenvalue weighted by Crippen LogP contribution is -2.27. The molecule has 2 aromatic heterocycles. The Morgan fingerprint density at radius 1 is 1.12 bits per heavy atom. The first kappa shape index (κ1) is 17.6. The fourth-order valence-electron chi connectivity index (χ4n) is 2.13. The van der Waals surface area contributed by atoms with Crippen LogP contribution in [0.3, 0.4) is 0 Å². The first-order chi connectivity index (χ1) is 12.7. The average Bonchev–Trinajstić information content (AvgIpc) is 3.20. The number of aromatic nitrogens is 4. The number of nitrogens with zero attached hydrogens (tertiary/aromatic N) is 4. The minimum absolute atomic E-state index is 0.165. The number of carbonyl (C=O) groups is 1. The van der Waals surface area contributed by atoms with Crippen molar-refractivity contribution in [3.8, 4) is 5.82 Å². The Morgan fingerprint density at radius 2 is 1.96 bits per heavy atom. The molecule has 0 radical (unpaired) electrons. The molecule has 2 N–H and O–H groups in total. The summed E-state index contributed by atoms with van der Waals surface area (Å²) >= 11 is 5.82. The third kappa shape index (κ3) is 5.15. The number of hydrogen-bond donors (Lipinski definition) is 2. The maximum absolute atomic E-state index is 11.8. The number of hydrogen-bond acceptors (Lipinski definition) is 5. The second kappa shape index (κ2) is 8.77. The molecule has 26 heavy (non-hydrogen) atoms. The predicted octanol–water partition coefficient (Wildman–Crippen LogP) is 2.56. The number of anilines is 1. The van der Waals surface area contributed by atoms with E-state index in [0.29, 0.717) is 29.7 Å². The van der Waals surface area contributed by atoms with Crippen molar-refractivity contribution < 1.29 is 4.79 Å². The summed E-state index contributed by atoms with van der Waals surface area (Å²) in [6, 6.07) is 12.7. The van der Waals surface area contributed by atoms with Crippen LogP contribution in [0.5, 0.6) is 0 Å². The first-order valence-corrected chi connectivity index (χ1v) is 8.37. The zero-order valence-electron chi connectivity index (χ0n) is 13.8. The van der Waals surface area contributed by atoms with Gasteiger partial charge in [0.25, 0.3) is 0 Å². The Kier molecular flexibility index (Phi) is 5.95. The lowest BCUT2D eigenvalue weighted by molar-refractivity contribution is -0.116. The highest BCUT2D eigenvalue weighted by molar-refractivity contribution is 6.30. The van der Waals surface area contributed by atoms with Crippen molar-refractivity contribution in [2.45, 2.75) is 0 Å². The molecule has 1 aromatic carbocycles. The first-order valence-electron chi connectivity index (χ1n) is 8.00. The summed E-state index contributed by atoms with van der Waals surface area (Å²) < 4.78 is 1.63. The molecule has 0 aliphatic rings. The van der Waals surface area contributed by atoms with E-state index in [2.05, 4.69) is 25.9 Å². The molecule has 0 spiro atoms. The van der Waals surface area contributed by atoms with Crippen LogP contribution >= 0.6 is 11.6 Å². The van der Waals surface area contributed by atoms with Crippen molar-refractivity contribution in [1.82, 2.24) is 25.3 Å².